The van der Waals surface area contributed by atoms with E-state index in [1.165, 1.54) is 0 Å². The van der Waals surface area contributed by atoms with Crippen LogP contribution in [0.15, 0.2) is 0 Å². The first-order valence-electron chi connectivity index (χ1n) is 4.22. The molecule has 0 spiro atoms. The van der Waals surface area contributed by atoms with E-state index in [1.807, 2.05) is 13.8 Å². The SMILES string of the molecule is CC(C)OC1C[C@@H](O)CO[C@H]1O. The molecule has 72 valence electrons. The molecule has 1 fully saturated rings. The van der Waals surface area contributed by atoms with Crippen molar-refractivity contribution >= 4 is 0 Å². The predicted molar refractivity (Wildman–Crippen MR) is 42.6 cm³/mol. The third-order valence-electron chi connectivity index (χ3n) is 1.73. The highest BCUT2D eigenvalue weighted by atomic mass is 16.6. The number of rotatable bonds is 2. The van der Waals surface area contributed by atoms with E-state index in [1.54, 1.807) is 0 Å². The van der Waals surface area contributed by atoms with Gasteiger partial charge >= 0.3 is 0 Å². The third kappa shape index (κ3) is 2.71. The molecule has 1 heterocycles. The highest BCUT2D eigenvalue weighted by molar-refractivity contribution is 4.73. The van der Waals surface area contributed by atoms with Crippen molar-refractivity contribution in [2.75, 3.05) is 6.61 Å². The minimum atomic E-state index is -0.893. The van der Waals surface area contributed by atoms with Gasteiger partial charge in [0.2, 0.25) is 0 Å². The zero-order chi connectivity index (χ0) is 9.14. The van der Waals surface area contributed by atoms with Crippen LogP contribution in [0, 0.1) is 0 Å². The summed E-state index contributed by atoms with van der Waals surface area (Å²) in [6.45, 7) is 3.96. The molecule has 1 saturated heterocycles. The lowest BCUT2D eigenvalue weighted by atomic mass is 10.1. The molecule has 0 aromatic heterocycles. The van der Waals surface area contributed by atoms with Crippen LogP contribution in [0.2, 0.25) is 0 Å². The molecule has 1 aliphatic heterocycles. The Kier molecular flexibility index (Phi) is 3.46. The largest absolute Gasteiger partial charge is 0.391 e. The fourth-order valence-corrected chi connectivity index (χ4v) is 1.24. The fourth-order valence-electron chi connectivity index (χ4n) is 1.24. The first-order valence-corrected chi connectivity index (χ1v) is 4.22. The molecule has 0 aromatic carbocycles. The molecule has 0 aliphatic carbocycles. The van der Waals surface area contributed by atoms with E-state index >= 15 is 0 Å². The average Bonchev–Trinajstić information content (AvgIpc) is 1.96. The predicted octanol–water partition coefficient (Wildman–Crippen LogP) is -0.120. The Morgan fingerprint density at radius 1 is 1.42 bits per heavy atom. The van der Waals surface area contributed by atoms with E-state index in [4.69, 9.17) is 9.47 Å². The standard InChI is InChI=1S/C8H16O4/c1-5(2)12-7-3-6(9)4-11-8(7)10/h5-10H,3-4H2,1-2H3/t6-,7?,8-/m1/s1. The Morgan fingerprint density at radius 2 is 2.08 bits per heavy atom. The van der Waals surface area contributed by atoms with Crippen LogP contribution in [0.1, 0.15) is 20.3 Å². The molecule has 1 rings (SSSR count). The average molecular weight is 176 g/mol. The van der Waals surface area contributed by atoms with E-state index in [-0.39, 0.29) is 12.7 Å². The molecular weight excluding hydrogens is 160 g/mol. The van der Waals surface area contributed by atoms with E-state index in [9.17, 15) is 10.2 Å². The van der Waals surface area contributed by atoms with Gasteiger partial charge in [-0.1, -0.05) is 0 Å². The number of ether oxygens (including phenoxy) is 2. The van der Waals surface area contributed by atoms with Crippen molar-refractivity contribution in [1.29, 1.82) is 0 Å². The topological polar surface area (TPSA) is 58.9 Å². The number of hydrogen-bond donors (Lipinski definition) is 2. The maximum Gasteiger partial charge on any atom is 0.181 e. The summed E-state index contributed by atoms with van der Waals surface area (Å²) in [6, 6.07) is 0. The second kappa shape index (κ2) is 4.18. The smallest absolute Gasteiger partial charge is 0.181 e. The Hall–Kier alpha value is -0.160. The van der Waals surface area contributed by atoms with Crippen LogP contribution in [0.4, 0.5) is 0 Å². The van der Waals surface area contributed by atoms with Gasteiger partial charge in [-0.15, -0.1) is 0 Å². The lowest BCUT2D eigenvalue weighted by Gasteiger charge is -2.31. The quantitative estimate of drug-likeness (QED) is 0.616. The molecule has 0 amide bonds. The molecule has 2 N–H and O–H groups in total. The molecule has 1 aliphatic rings. The van der Waals surface area contributed by atoms with Crippen molar-refractivity contribution in [3.63, 3.8) is 0 Å². The van der Waals surface area contributed by atoms with Crippen LogP contribution in [0.5, 0.6) is 0 Å². The molecule has 4 nitrogen and oxygen atoms in total. The second-order valence-corrected chi connectivity index (χ2v) is 3.34. The molecule has 0 aromatic rings. The van der Waals surface area contributed by atoms with Gasteiger partial charge in [0.05, 0.1) is 18.8 Å². The van der Waals surface area contributed by atoms with Crippen LogP contribution in [0.3, 0.4) is 0 Å². The van der Waals surface area contributed by atoms with Crippen LogP contribution < -0.4 is 0 Å². The van der Waals surface area contributed by atoms with Crippen LogP contribution in [0.25, 0.3) is 0 Å². The minimum absolute atomic E-state index is 0.0403. The molecule has 0 bridgehead atoms. The zero-order valence-corrected chi connectivity index (χ0v) is 7.43. The van der Waals surface area contributed by atoms with Gasteiger partial charge < -0.3 is 19.7 Å². The molecule has 0 saturated carbocycles. The Balaban J connectivity index is 2.38. The molecule has 4 heteroatoms. The van der Waals surface area contributed by atoms with E-state index in [0.717, 1.165) is 0 Å². The summed E-state index contributed by atoms with van der Waals surface area (Å²) in [4.78, 5) is 0. The van der Waals surface area contributed by atoms with Crippen molar-refractivity contribution in [2.24, 2.45) is 0 Å². The van der Waals surface area contributed by atoms with Crippen LogP contribution in [-0.4, -0.2) is 41.4 Å². The highest BCUT2D eigenvalue weighted by Gasteiger charge is 2.30. The van der Waals surface area contributed by atoms with Crippen LogP contribution >= 0.6 is 0 Å². The zero-order valence-electron chi connectivity index (χ0n) is 7.43. The summed E-state index contributed by atoms with van der Waals surface area (Å²) in [5, 5.41) is 18.5. The maximum absolute atomic E-state index is 9.28. The van der Waals surface area contributed by atoms with Gasteiger partial charge in [0.15, 0.2) is 6.29 Å². The monoisotopic (exact) mass is 176 g/mol. The van der Waals surface area contributed by atoms with E-state index in [2.05, 4.69) is 0 Å². The highest BCUT2D eigenvalue weighted by Crippen LogP contribution is 2.17. The summed E-state index contributed by atoms with van der Waals surface area (Å²) in [6.07, 6.45) is -1.32. The summed E-state index contributed by atoms with van der Waals surface area (Å²) < 4.78 is 10.2. The Labute approximate surface area is 72.1 Å². The van der Waals surface area contributed by atoms with Crippen LogP contribution in [-0.2, 0) is 9.47 Å². The van der Waals surface area contributed by atoms with Gasteiger partial charge in [-0.05, 0) is 13.8 Å². The normalized spacial score (nSPS) is 37.2. The summed E-state index contributed by atoms with van der Waals surface area (Å²) in [5.41, 5.74) is 0. The maximum atomic E-state index is 9.28. The van der Waals surface area contributed by atoms with Gasteiger partial charge in [-0.2, -0.15) is 0 Å². The van der Waals surface area contributed by atoms with E-state index in [0.29, 0.717) is 6.42 Å². The molecule has 0 radical (unpaired) electrons. The number of aliphatic hydroxyl groups excluding tert-OH is 2. The molecule has 12 heavy (non-hydrogen) atoms. The van der Waals surface area contributed by atoms with Gasteiger partial charge in [0, 0.05) is 6.42 Å². The van der Waals surface area contributed by atoms with Crippen molar-refractivity contribution in [1.82, 2.24) is 0 Å². The Bertz CT molecular complexity index is 135. The fraction of sp³-hybridized carbons (Fsp3) is 1.00. The summed E-state index contributed by atoms with van der Waals surface area (Å²) in [5.74, 6) is 0. The minimum Gasteiger partial charge on any atom is -0.391 e. The van der Waals surface area contributed by atoms with Gasteiger partial charge in [0.25, 0.3) is 0 Å². The lowest BCUT2D eigenvalue weighted by Crippen LogP contribution is -2.43. The molecule has 1 unspecified atom stereocenters. The van der Waals surface area contributed by atoms with Crippen molar-refractivity contribution in [2.45, 2.75) is 44.9 Å². The van der Waals surface area contributed by atoms with Gasteiger partial charge in [0.1, 0.15) is 6.10 Å². The first-order chi connectivity index (χ1) is 5.59. The molecular formula is C8H16O4. The third-order valence-corrected chi connectivity index (χ3v) is 1.73. The molecule has 3 atom stereocenters. The van der Waals surface area contributed by atoms with Crippen molar-refractivity contribution in [3.05, 3.63) is 0 Å². The van der Waals surface area contributed by atoms with Gasteiger partial charge in [-0.25, -0.2) is 0 Å². The number of aliphatic hydroxyl groups is 2. The van der Waals surface area contributed by atoms with E-state index < -0.39 is 18.5 Å². The number of hydrogen-bond acceptors (Lipinski definition) is 4. The van der Waals surface area contributed by atoms with Crippen molar-refractivity contribution in [3.8, 4) is 0 Å². The second-order valence-electron chi connectivity index (χ2n) is 3.34. The van der Waals surface area contributed by atoms with Gasteiger partial charge in [-0.3, -0.25) is 0 Å². The first kappa shape index (κ1) is 9.92. The van der Waals surface area contributed by atoms with Crippen molar-refractivity contribution < 1.29 is 19.7 Å². The lowest BCUT2D eigenvalue weighted by molar-refractivity contribution is -0.233. The summed E-state index contributed by atoms with van der Waals surface area (Å²) in [7, 11) is 0. The Morgan fingerprint density at radius 3 is 2.67 bits per heavy atom. The summed E-state index contributed by atoms with van der Waals surface area (Å²) >= 11 is 0.